The van der Waals surface area contributed by atoms with Crippen molar-refractivity contribution in [3.05, 3.63) is 38.3 Å². The van der Waals surface area contributed by atoms with Gasteiger partial charge in [-0.2, -0.15) is 0 Å². The third-order valence-electron chi connectivity index (χ3n) is 1.92. The van der Waals surface area contributed by atoms with Crippen LogP contribution in [-0.2, 0) is 0 Å². The van der Waals surface area contributed by atoms with E-state index in [4.69, 9.17) is 4.74 Å². The maximum Gasteiger partial charge on any atom is 0.230 e. The normalized spacial score (nSPS) is 10.4. The lowest BCUT2D eigenvalue weighted by Crippen LogP contribution is -2.04. The van der Waals surface area contributed by atoms with Gasteiger partial charge in [-0.3, -0.25) is 4.79 Å². The number of fused-ring (bicyclic) bond motifs is 1. The smallest absolute Gasteiger partial charge is 0.230 e. The third kappa shape index (κ3) is 1.44. The minimum absolute atomic E-state index is 0.0614. The first-order valence-electron chi connectivity index (χ1n) is 3.99. The van der Waals surface area contributed by atoms with Crippen LogP contribution in [0.4, 0.5) is 0 Å². The number of rotatable bonds is 1. The second-order valence-corrected chi connectivity index (χ2v) is 5.10. The summed E-state index contributed by atoms with van der Waals surface area (Å²) >= 11 is 4.82. The van der Waals surface area contributed by atoms with Crippen LogP contribution in [0, 0.1) is 0 Å². The van der Waals surface area contributed by atoms with Crippen molar-refractivity contribution in [2.24, 2.45) is 0 Å². The predicted octanol–water partition coefficient (Wildman–Crippen LogP) is 3.03. The standard InChI is InChI=1S/C10H7BrO2S/c1-13-9-8(12)6-4-2-3-5-7(6)14-10(9)11/h2-5H,1H3. The van der Waals surface area contributed by atoms with Crippen LogP contribution in [0.2, 0.25) is 0 Å². The SMILES string of the molecule is COc1c(Br)sc2ccccc2c1=O. The fourth-order valence-corrected chi connectivity index (χ4v) is 3.01. The van der Waals surface area contributed by atoms with Gasteiger partial charge in [0.25, 0.3) is 0 Å². The molecule has 0 N–H and O–H groups in total. The lowest BCUT2D eigenvalue weighted by Gasteiger charge is -2.02. The van der Waals surface area contributed by atoms with Crippen LogP contribution in [0.15, 0.2) is 32.8 Å². The minimum atomic E-state index is -0.0614. The Labute approximate surface area is 93.3 Å². The first-order valence-corrected chi connectivity index (χ1v) is 5.60. The molecule has 0 aliphatic heterocycles. The lowest BCUT2D eigenvalue weighted by molar-refractivity contribution is 0.410. The van der Waals surface area contributed by atoms with Gasteiger partial charge in [0.05, 0.1) is 7.11 Å². The van der Waals surface area contributed by atoms with Gasteiger partial charge < -0.3 is 4.74 Å². The van der Waals surface area contributed by atoms with Crippen LogP contribution in [-0.4, -0.2) is 7.11 Å². The van der Waals surface area contributed by atoms with Gasteiger partial charge in [-0.05, 0) is 28.1 Å². The molecule has 14 heavy (non-hydrogen) atoms. The molecule has 1 heterocycles. The Morgan fingerprint density at radius 3 is 2.79 bits per heavy atom. The van der Waals surface area contributed by atoms with E-state index in [0.717, 1.165) is 8.49 Å². The predicted molar refractivity (Wildman–Crippen MR) is 62.3 cm³/mol. The quantitative estimate of drug-likeness (QED) is 0.796. The van der Waals surface area contributed by atoms with Crippen LogP contribution in [0.5, 0.6) is 5.75 Å². The van der Waals surface area contributed by atoms with Crippen molar-refractivity contribution < 1.29 is 4.74 Å². The van der Waals surface area contributed by atoms with E-state index in [1.54, 1.807) is 0 Å². The molecule has 0 radical (unpaired) electrons. The Bertz CT molecular complexity index is 533. The zero-order valence-electron chi connectivity index (χ0n) is 7.41. The highest BCUT2D eigenvalue weighted by Gasteiger charge is 2.09. The van der Waals surface area contributed by atoms with Crippen LogP contribution >= 0.6 is 27.3 Å². The van der Waals surface area contributed by atoms with Crippen molar-refractivity contribution in [1.29, 1.82) is 0 Å². The molecular formula is C10H7BrO2S. The van der Waals surface area contributed by atoms with E-state index in [-0.39, 0.29) is 5.43 Å². The van der Waals surface area contributed by atoms with E-state index < -0.39 is 0 Å². The molecule has 0 unspecified atom stereocenters. The average molecular weight is 271 g/mol. The van der Waals surface area contributed by atoms with Gasteiger partial charge in [-0.25, -0.2) is 0 Å². The van der Waals surface area contributed by atoms with E-state index in [2.05, 4.69) is 15.9 Å². The van der Waals surface area contributed by atoms with Gasteiger partial charge >= 0.3 is 0 Å². The summed E-state index contributed by atoms with van der Waals surface area (Å²) in [6.45, 7) is 0. The number of hydrogen-bond acceptors (Lipinski definition) is 3. The van der Waals surface area contributed by atoms with E-state index in [9.17, 15) is 4.79 Å². The Hall–Kier alpha value is -0.870. The second kappa shape index (κ2) is 3.71. The molecule has 0 fully saturated rings. The molecule has 0 amide bonds. The van der Waals surface area contributed by atoms with Gasteiger partial charge in [0.1, 0.15) is 3.79 Å². The summed E-state index contributed by atoms with van der Waals surface area (Å²) in [6, 6.07) is 7.50. The number of ether oxygens (including phenoxy) is 1. The molecule has 0 aliphatic carbocycles. The Balaban J connectivity index is 2.93. The van der Waals surface area contributed by atoms with Crippen LogP contribution < -0.4 is 10.2 Å². The average Bonchev–Trinajstić information content (AvgIpc) is 2.18. The van der Waals surface area contributed by atoms with E-state index >= 15 is 0 Å². The highest BCUT2D eigenvalue weighted by Crippen LogP contribution is 2.30. The van der Waals surface area contributed by atoms with Crippen molar-refractivity contribution in [3.63, 3.8) is 0 Å². The molecule has 72 valence electrons. The van der Waals surface area contributed by atoms with Crippen LogP contribution in [0.25, 0.3) is 10.1 Å². The van der Waals surface area contributed by atoms with Gasteiger partial charge in [0.15, 0.2) is 5.75 Å². The molecule has 1 aromatic carbocycles. The number of benzene rings is 1. The summed E-state index contributed by atoms with van der Waals surface area (Å²) in [4.78, 5) is 11.8. The van der Waals surface area contributed by atoms with E-state index in [1.165, 1.54) is 18.4 Å². The summed E-state index contributed by atoms with van der Waals surface area (Å²) in [5.41, 5.74) is -0.0614. The number of methoxy groups -OCH3 is 1. The van der Waals surface area contributed by atoms with Gasteiger partial charge in [0, 0.05) is 10.1 Å². The molecule has 0 saturated carbocycles. The molecule has 0 saturated heterocycles. The summed E-state index contributed by atoms with van der Waals surface area (Å²) in [5.74, 6) is 0.383. The first kappa shape index (κ1) is 9.68. The van der Waals surface area contributed by atoms with Crippen molar-refractivity contribution >= 4 is 37.4 Å². The van der Waals surface area contributed by atoms with Crippen molar-refractivity contribution in [1.82, 2.24) is 0 Å². The molecule has 0 bridgehead atoms. The molecule has 2 rings (SSSR count). The van der Waals surface area contributed by atoms with Gasteiger partial charge in [0.2, 0.25) is 5.43 Å². The Morgan fingerprint density at radius 2 is 2.07 bits per heavy atom. The van der Waals surface area contributed by atoms with Crippen LogP contribution in [0.1, 0.15) is 0 Å². The van der Waals surface area contributed by atoms with Crippen molar-refractivity contribution in [3.8, 4) is 5.75 Å². The second-order valence-electron chi connectivity index (χ2n) is 2.73. The fraction of sp³-hybridized carbons (Fsp3) is 0.100. The Morgan fingerprint density at radius 1 is 1.36 bits per heavy atom. The summed E-state index contributed by atoms with van der Waals surface area (Å²) < 4.78 is 6.74. The monoisotopic (exact) mass is 270 g/mol. The number of halogens is 1. The highest BCUT2D eigenvalue weighted by atomic mass is 79.9. The summed E-state index contributed by atoms with van der Waals surface area (Å²) in [7, 11) is 1.50. The molecule has 0 aliphatic rings. The third-order valence-corrected chi connectivity index (χ3v) is 3.71. The Kier molecular flexibility index (Phi) is 2.56. The zero-order valence-corrected chi connectivity index (χ0v) is 9.81. The highest BCUT2D eigenvalue weighted by molar-refractivity contribution is 9.11. The zero-order chi connectivity index (χ0) is 10.1. The van der Waals surface area contributed by atoms with Crippen molar-refractivity contribution in [2.75, 3.05) is 7.11 Å². The maximum atomic E-state index is 11.8. The summed E-state index contributed by atoms with van der Waals surface area (Å²) in [5, 5.41) is 0.706. The van der Waals surface area contributed by atoms with Crippen LogP contribution in [0.3, 0.4) is 0 Å². The molecule has 2 aromatic rings. The molecular weight excluding hydrogens is 264 g/mol. The van der Waals surface area contributed by atoms with Crippen molar-refractivity contribution in [2.45, 2.75) is 0 Å². The molecule has 4 heteroatoms. The topological polar surface area (TPSA) is 26.3 Å². The van der Waals surface area contributed by atoms with E-state index in [0.29, 0.717) is 11.1 Å². The molecule has 1 aromatic heterocycles. The van der Waals surface area contributed by atoms with Gasteiger partial charge in [-0.15, -0.1) is 11.3 Å². The minimum Gasteiger partial charge on any atom is -0.491 e. The lowest BCUT2D eigenvalue weighted by atomic mass is 10.2. The first-order chi connectivity index (χ1) is 6.74. The largest absolute Gasteiger partial charge is 0.491 e. The number of hydrogen-bond donors (Lipinski definition) is 0. The molecule has 0 spiro atoms. The summed E-state index contributed by atoms with van der Waals surface area (Å²) in [6.07, 6.45) is 0. The molecule has 2 nitrogen and oxygen atoms in total. The van der Waals surface area contributed by atoms with Gasteiger partial charge in [-0.1, -0.05) is 12.1 Å². The fourth-order valence-electron chi connectivity index (χ4n) is 1.27. The van der Waals surface area contributed by atoms with E-state index in [1.807, 2.05) is 24.3 Å². The molecule has 0 atom stereocenters. The maximum absolute atomic E-state index is 11.8.